The highest BCUT2D eigenvalue weighted by molar-refractivity contribution is 6.04. The Labute approximate surface area is 187 Å². The maximum atomic E-state index is 14.5. The van der Waals surface area contributed by atoms with Crippen LogP contribution in [0.3, 0.4) is 0 Å². The molecule has 3 fully saturated rings. The lowest BCUT2D eigenvalue weighted by molar-refractivity contribution is -0.132. The van der Waals surface area contributed by atoms with Crippen LogP contribution in [-0.2, 0) is 16.0 Å². The van der Waals surface area contributed by atoms with Gasteiger partial charge in [0, 0.05) is 39.3 Å². The fourth-order valence-corrected chi connectivity index (χ4v) is 6.13. The van der Waals surface area contributed by atoms with Gasteiger partial charge in [-0.2, -0.15) is 0 Å². The second-order valence-corrected chi connectivity index (χ2v) is 9.74. The van der Waals surface area contributed by atoms with E-state index in [0.717, 1.165) is 39.0 Å². The van der Waals surface area contributed by atoms with Crippen LogP contribution < -0.4 is 10.2 Å². The second kappa shape index (κ2) is 8.46. The van der Waals surface area contributed by atoms with Crippen molar-refractivity contribution in [3.8, 4) is 0 Å². The number of fused-ring (bicyclic) bond motifs is 2. The van der Waals surface area contributed by atoms with Gasteiger partial charge in [0.2, 0.25) is 11.8 Å². The average molecular weight is 443 g/mol. The number of nitrogens with one attached hydrogen (secondary N) is 1. The summed E-state index contributed by atoms with van der Waals surface area (Å²) >= 11 is 0. The number of likely N-dealkylation sites (tertiary alicyclic amines) is 2. The maximum absolute atomic E-state index is 14.5. The standard InChI is InChI=1S/C24H31FN4O3/c1-26-24(32)19-9-17-10-22(30)29(21(17)11-20(19)25)18-5-7-27(8-6-18)14-23(31)28-12-15-3-2-4-16(15)13-28/h9,11,15-16,18H,2-8,10,12-14H2,1H3,(H,26,32). The quantitative estimate of drug-likeness (QED) is 0.772. The molecule has 0 spiro atoms. The molecule has 3 aliphatic heterocycles. The molecule has 0 radical (unpaired) electrons. The minimum Gasteiger partial charge on any atom is -0.355 e. The normalized spacial score (nSPS) is 25.9. The Balaban J connectivity index is 1.20. The van der Waals surface area contributed by atoms with E-state index in [2.05, 4.69) is 10.2 Å². The smallest absolute Gasteiger partial charge is 0.254 e. The number of amides is 3. The largest absolute Gasteiger partial charge is 0.355 e. The third kappa shape index (κ3) is 3.78. The van der Waals surface area contributed by atoms with Crippen LogP contribution in [-0.4, -0.2) is 73.3 Å². The van der Waals surface area contributed by atoms with Crippen molar-refractivity contribution in [2.45, 2.75) is 44.6 Å². The van der Waals surface area contributed by atoms with E-state index in [9.17, 15) is 18.8 Å². The summed E-state index contributed by atoms with van der Waals surface area (Å²) in [7, 11) is 1.46. The molecule has 2 atom stereocenters. The van der Waals surface area contributed by atoms with Crippen molar-refractivity contribution in [1.29, 1.82) is 0 Å². The predicted octanol–water partition coefficient (Wildman–Crippen LogP) is 1.80. The van der Waals surface area contributed by atoms with Crippen LogP contribution in [0.2, 0.25) is 0 Å². The summed E-state index contributed by atoms with van der Waals surface area (Å²) in [5.41, 5.74) is 1.26. The fraction of sp³-hybridized carbons (Fsp3) is 0.625. The van der Waals surface area contributed by atoms with Gasteiger partial charge in [-0.3, -0.25) is 19.3 Å². The Morgan fingerprint density at radius 3 is 2.44 bits per heavy atom. The number of hydrogen-bond donors (Lipinski definition) is 1. The zero-order valence-corrected chi connectivity index (χ0v) is 18.6. The first-order valence-electron chi connectivity index (χ1n) is 11.8. The van der Waals surface area contributed by atoms with Crippen molar-refractivity contribution >= 4 is 23.4 Å². The minimum absolute atomic E-state index is 0.00787. The van der Waals surface area contributed by atoms with Crippen LogP contribution in [0.25, 0.3) is 0 Å². The lowest BCUT2D eigenvalue weighted by atomic mass is 10.0. The fourth-order valence-electron chi connectivity index (χ4n) is 6.13. The molecule has 2 saturated heterocycles. The summed E-state index contributed by atoms with van der Waals surface area (Å²) < 4.78 is 14.5. The van der Waals surface area contributed by atoms with Gasteiger partial charge in [0.1, 0.15) is 5.82 Å². The number of halogens is 1. The topological polar surface area (TPSA) is 73.0 Å². The molecule has 4 aliphatic rings. The Morgan fingerprint density at radius 1 is 1.09 bits per heavy atom. The first-order chi connectivity index (χ1) is 15.4. The zero-order chi connectivity index (χ0) is 22.4. The van der Waals surface area contributed by atoms with E-state index in [4.69, 9.17) is 0 Å². The molecule has 32 heavy (non-hydrogen) atoms. The number of carbonyl (C=O) groups is 3. The maximum Gasteiger partial charge on any atom is 0.254 e. The molecule has 1 N–H and O–H groups in total. The molecule has 3 amide bonds. The molecule has 0 aromatic heterocycles. The van der Waals surface area contributed by atoms with Gasteiger partial charge in [-0.15, -0.1) is 0 Å². The van der Waals surface area contributed by atoms with Gasteiger partial charge in [0.15, 0.2) is 0 Å². The van der Waals surface area contributed by atoms with Crippen LogP contribution in [0.1, 0.15) is 48.0 Å². The number of anilines is 1. The van der Waals surface area contributed by atoms with Gasteiger partial charge in [-0.1, -0.05) is 6.42 Å². The van der Waals surface area contributed by atoms with Crippen molar-refractivity contribution in [2.75, 3.05) is 44.7 Å². The minimum atomic E-state index is -0.610. The van der Waals surface area contributed by atoms with Crippen LogP contribution in [0.4, 0.5) is 10.1 Å². The number of hydrogen-bond acceptors (Lipinski definition) is 4. The summed E-state index contributed by atoms with van der Waals surface area (Å²) in [4.78, 5) is 43.4. The lowest BCUT2D eigenvalue weighted by Gasteiger charge is -2.37. The molecule has 8 heteroatoms. The Bertz CT molecular complexity index is 931. The summed E-state index contributed by atoms with van der Waals surface area (Å²) in [6.07, 6.45) is 5.52. The molecular weight excluding hydrogens is 411 g/mol. The lowest BCUT2D eigenvalue weighted by Crippen LogP contribution is -2.49. The molecule has 1 aromatic carbocycles. The van der Waals surface area contributed by atoms with Gasteiger partial charge < -0.3 is 15.1 Å². The van der Waals surface area contributed by atoms with Gasteiger partial charge in [-0.05, 0) is 55.2 Å². The summed E-state index contributed by atoms with van der Waals surface area (Å²) in [6, 6.07) is 2.82. The van der Waals surface area contributed by atoms with E-state index in [1.807, 2.05) is 4.90 Å². The Hall–Kier alpha value is -2.48. The van der Waals surface area contributed by atoms with Gasteiger partial charge in [-0.25, -0.2) is 4.39 Å². The van der Waals surface area contributed by atoms with E-state index in [1.54, 1.807) is 4.90 Å². The van der Waals surface area contributed by atoms with E-state index >= 15 is 0 Å². The monoisotopic (exact) mass is 442 g/mol. The molecule has 2 unspecified atom stereocenters. The first kappa shape index (κ1) is 21.4. The average Bonchev–Trinajstić information content (AvgIpc) is 3.46. The SMILES string of the molecule is CNC(=O)c1cc2c(cc1F)N(C1CCN(CC(=O)N3CC4CCCC4C3)CC1)C(=O)C2. The number of nitrogens with zero attached hydrogens (tertiary/aromatic N) is 3. The van der Waals surface area contributed by atoms with Crippen LogP contribution in [0.15, 0.2) is 12.1 Å². The van der Waals surface area contributed by atoms with E-state index in [1.165, 1.54) is 38.4 Å². The molecule has 1 saturated carbocycles. The van der Waals surface area contributed by atoms with Crippen molar-refractivity contribution < 1.29 is 18.8 Å². The highest BCUT2D eigenvalue weighted by atomic mass is 19.1. The molecule has 1 aliphatic carbocycles. The highest BCUT2D eigenvalue weighted by Gasteiger charge is 2.39. The van der Waals surface area contributed by atoms with Crippen LogP contribution >= 0.6 is 0 Å². The number of rotatable bonds is 4. The molecular formula is C24H31FN4O3. The highest BCUT2D eigenvalue weighted by Crippen LogP contribution is 2.38. The zero-order valence-electron chi connectivity index (χ0n) is 18.6. The third-order valence-electron chi connectivity index (χ3n) is 7.87. The van der Waals surface area contributed by atoms with Gasteiger partial charge >= 0.3 is 0 Å². The summed E-state index contributed by atoms with van der Waals surface area (Å²) in [5, 5.41) is 2.44. The van der Waals surface area contributed by atoms with Crippen molar-refractivity contribution in [3.05, 3.63) is 29.1 Å². The number of piperidine rings is 1. The number of benzene rings is 1. The second-order valence-electron chi connectivity index (χ2n) is 9.74. The molecule has 1 aromatic rings. The van der Waals surface area contributed by atoms with E-state index < -0.39 is 11.7 Å². The Kier molecular flexibility index (Phi) is 5.65. The molecule has 172 valence electrons. The Morgan fingerprint density at radius 2 is 1.78 bits per heavy atom. The summed E-state index contributed by atoms with van der Waals surface area (Å²) in [6.45, 7) is 3.77. The van der Waals surface area contributed by atoms with Crippen LogP contribution in [0.5, 0.6) is 0 Å². The van der Waals surface area contributed by atoms with Crippen LogP contribution in [0, 0.1) is 17.7 Å². The number of carbonyl (C=O) groups excluding carboxylic acids is 3. The van der Waals surface area contributed by atoms with Gasteiger partial charge in [0.05, 0.1) is 24.2 Å². The first-order valence-corrected chi connectivity index (χ1v) is 11.8. The van der Waals surface area contributed by atoms with E-state index in [0.29, 0.717) is 29.6 Å². The predicted molar refractivity (Wildman–Crippen MR) is 118 cm³/mol. The summed E-state index contributed by atoms with van der Waals surface area (Å²) in [5.74, 6) is 0.485. The van der Waals surface area contributed by atoms with Crippen molar-refractivity contribution in [3.63, 3.8) is 0 Å². The molecule has 5 rings (SSSR count). The van der Waals surface area contributed by atoms with Gasteiger partial charge in [0.25, 0.3) is 5.91 Å². The molecule has 0 bridgehead atoms. The van der Waals surface area contributed by atoms with Crippen molar-refractivity contribution in [1.82, 2.24) is 15.1 Å². The van der Waals surface area contributed by atoms with E-state index in [-0.39, 0.29) is 29.8 Å². The molecule has 3 heterocycles. The third-order valence-corrected chi connectivity index (χ3v) is 7.87. The molecule has 7 nitrogen and oxygen atoms in total. The van der Waals surface area contributed by atoms with Crippen molar-refractivity contribution in [2.24, 2.45) is 11.8 Å².